The van der Waals surface area contributed by atoms with Crippen LogP contribution in [0.25, 0.3) is 10.9 Å². The van der Waals surface area contributed by atoms with Crippen molar-refractivity contribution in [1.29, 1.82) is 0 Å². The number of nitrogens with one attached hydrogen (secondary N) is 9. The number of para-hydroxylation sites is 1. The van der Waals surface area contributed by atoms with Gasteiger partial charge in [-0.25, -0.2) is 0 Å². The summed E-state index contributed by atoms with van der Waals surface area (Å²) in [6.45, 7) is 2.14. The predicted octanol–water partition coefficient (Wildman–Crippen LogP) is -4.25. The van der Waals surface area contributed by atoms with Crippen molar-refractivity contribution in [3.63, 3.8) is 0 Å². The number of aromatic nitrogens is 1. The Bertz CT molecular complexity index is 2240. The van der Waals surface area contributed by atoms with Crippen LogP contribution in [-0.4, -0.2) is 153 Å². The Balaban J connectivity index is 1.38. The van der Waals surface area contributed by atoms with Crippen molar-refractivity contribution in [2.24, 2.45) is 5.92 Å². The minimum atomic E-state index is -1.90. The Morgan fingerprint density at radius 3 is 2.00 bits per heavy atom. The lowest BCUT2D eigenvalue weighted by molar-refractivity contribution is -0.236. The summed E-state index contributed by atoms with van der Waals surface area (Å²) in [4.78, 5) is 116. The van der Waals surface area contributed by atoms with Gasteiger partial charge in [0.15, 0.2) is 6.23 Å². The van der Waals surface area contributed by atoms with E-state index >= 15 is 0 Å². The van der Waals surface area contributed by atoms with Crippen LogP contribution in [0.15, 0.2) is 60.8 Å². The molecule has 11 atom stereocenters. The first-order valence-electron chi connectivity index (χ1n) is 21.3. The van der Waals surface area contributed by atoms with Crippen molar-refractivity contribution in [1.82, 2.24) is 47.5 Å². The number of ether oxygens (including phenoxy) is 1. The summed E-state index contributed by atoms with van der Waals surface area (Å²) in [6, 6.07) is 6.55. The number of carbonyl (C=O) groups excluding carboxylic acids is 8. The number of hydrogen-bond acceptors (Lipinski definition) is 13. The van der Waals surface area contributed by atoms with Gasteiger partial charge < -0.3 is 72.7 Å². The third-order valence-electron chi connectivity index (χ3n) is 11.4. The maximum atomic E-state index is 14.4. The average Bonchev–Trinajstić information content (AvgIpc) is 3.68. The molecule has 22 nitrogen and oxygen atoms in total. The van der Waals surface area contributed by atoms with Crippen LogP contribution in [0.3, 0.4) is 0 Å². The van der Waals surface area contributed by atoms with Crippen LogP contribution < -0.4 is 42.5 Å². The first-order valence-corrected chi connectivity index (χ1v) is 21.3. The largest absolute Gasteiger partial charge is 0.394 e. The molecular formula is C43H55N9O13. The van der Waals surface area contributed by atoms with Gasteiger partial charge in [-0.15, -0.1) is 0 Å². The monoisotopic (exact) mass is 905 g/mol. The summed E-state index contributed by atoms with van der Waals surface area (Å²) in [5.41, 5.74) is 1.95. The van der Waals surface area contributed by atoms with E-state index in [9.17, 15) is 58.8 Å². The molecule has 0 spiro atoms. The highest BCUT2D eigenvalue weighted by molar-refractivity contribution is 6.01. The molecule has 1 aromatic heterocycles. The number of rotatable bonds is 10. The molecule has 6 rings (SSSR count). The van der Waals surface area contributed by atoms with Crippen LogP contribution in [0.2, 0.25) is 0 Å². The van der Waals surface area contributed by atoms with E-state index in [1.807, 2.05) is 0 Å². The van der Waals surface area contributed by atoms with Crippen LogP contribution in [0.5, 0.6) is 0 Å². The maximum Gasteiger partial charge on any atom is 0.245 e. The zero-order chi connectivity index (χ0) is 46.9. The first-order chi connectivity index (χ1) is 31.0. The van der Waals surface area contributed by atoms with Gasteiger partial charge in [-0.2, -0.15) is 0 Å². The number of fused-ring (bicyclic) bond motifs is 6. The smallest absolute Gasteiger partial charge is 0.245 e. The second kappa shape index (κ2) is 21.5. The molecule has 3 aliphatic heterocycles. The molecule has 2 aromatic carbocycles. The number of amides is 8. The molecule has 0 saturated carbocycles. The number of hydrogen-bond donors (Lipinski definition) is 13. The maximum absolute atomic E-state index is 14.4. The van der Waals surface area contributed by atoms with E-state index < -0.39 is 140 Å². The fourth-order valence-corrected chi connectivity index (χ4v) is 7.85. The zero-order valence-corrected chi connectivity index (χ0v) is 35.6. The van der Waals surface area contributed by atoms with E-state index in [1.54, 1.807) is 74.6 Å². The molecule has 0 radical (unpaired) electrons. The van der Waals surface area contributed by atoms with Gasteiger partial charge in [-0.1, -0.05) is 62.4 Å². The number of benzene rings is 2. The summed E-state index contributed by atoms with van der Waals surface area (Å²) >= 11 is 0. The number of aliphatic hydroxyl groups excluding tert-OH is 4. The first kappa shape index (κ1) is 48.0. The summed E-state index contributed by atoms with van der Waals surface area (Å²) in [5.74, 6) is -7.91. The van der Waals surface area contributed by atoms with Gasteiger partial charge in [0, 0.05) is 36.5 Å². The van der Waals surface area contributed by atoms with Crippen molar-refractivity contribution < 1.29 is 63.5 Å². The zero-order valence-electron chi connectivity index (χ0n) is 35.6. The molecule has 22 heteroatoms. The highest BCUT2D eigenvalue weighted by Gasteiger charge is 2.45. The Morgan fingerprint density at radius 1 is 0.692 bits per heavy atom. The minimum absolute atomic E-state index is 0.0223. The quantitative estimate of drug-likeness (QED) is 0.0919. The Labute approximate surface area is 372 Å². The van der Waals surface area contributed by atoms with E-state index in [-0.39, 0.29) is 25.2 Å². The normalized spacial score (nSPS) is 29.7. The Kier molecular flexibility index (Phi) is 15.9. The van der Waals surface area contributed by atoms with Gasteiger partial charge in [0.1, 0.15) is 60.7 Å². The van der Waals surface area contributed by atoms with Crippen molar-refractivity contribution >= 4 is 58.2 Å². The molecule has 350 valence electrons. The predicted molar refractivity (Wildman–Crippen MR) is 227 cm³/mol. The molecule has 3 fully saturated rings. The minimum Gasteiger partial charge on any atom is -0.394 e. The van der Waals surface area contributed by atoms with E-state index in [4.69, 9.17) is 4.74 Å². The van der Waals surface area contributed by atoms with Gasteiger partial charge in [0.05, 0.1) is 19.4 Å². The highest BCUT2D eigenvalue weighted by atomic mass is 16.6. The van der Waals surface area contributed by atoms with E-state index in [2.05, 4.69) is 47.5 Å². The van der Waals surface area contributed by atoms with E-state index in [0.717, 1.165) is 10.9 Å². The van der Waals surface area contributed by atoms with Crippen LogP contribution in [0, 0.1) is 5.92 Å². The molecule has 2 bridgehead atoms. The second-order valence-corrected chi connectivity index (χ2v) is 16.8. The molecule has 3 saturated heterocycles. The molecule has 13 N–H and O–H groups in total. The van der Waals surface area contributed by atoms with Crippen LogP contribution in [0.1, 0.15) is 44.2 Å². The van der Waals surface area contributed by atoms with Gasteiger partial charge in [0.25, 0.3) is 0 Å². The van der Waals surface area contributed by atoms with E-state index in [1.165, 1.54) is 0 Å². The Hall–Kier alpha value is -6.46. The SMILES string of the molecule is CC(C)C[C@@H]1NC(=O)[C@H]2CNC(=O)C[C@@H](NC(=O)[C@H](CC(=O)N[C@@H]3O[C@H](CO)[C@H](O)[C@H](O)[C@H]3O)NC1=O)C(=O)N[C@@H](Cc1c[nH]c3ccccc13)C(=O)N[C@@H](Cc1ccccc1)C(=O)N2. The lowest BCUT2D eigenvalue weighted by Gasteiger charge is -2.40. The topological polar surface area (TPSA) is 339 Å². The molecule has 3 aliphatic rings. The van der Waals surface area contributed by atoms with Crippen LogP contribution in [0.4, 0.5) is 0 Å². The highest BCUT2D eigenvalue weighted by Crippen LogP contribution is 2.21. The van der Waals surface area contributed by atoms with Gasteiger partial charge in [-0.05, 0) is 29.5 Å². The molecule has 65 heavy (non-hydrogen) atoms. The van der Waals surface area contributed by atoms with Gasteiger partial charge >= 0.3 is 0 Å². The third-order valence-corrected chi connectivity index (χ3v) is 11.4. The lowest BCUT2D eigenvalue weighted by Crippen LogP contribution is -2.65. The van der Waals surface area contributed by atoms with Crippen molar-refractivity contribution in [2.75, 3.05) is 13.2 Å². The van der Waals surface area contributed by atoms with Crippen molar-refractivity contribution in [3.05, 3.63) is 71.9 Å². The Morgan fingerprint density at radius 2 is 1.28 bits per heavy atom. The fourth-order valence-electron chi connectivity index (χ4n) is 7.85. The summed E-state index contributed by atoms with van der Waals surface area (Å²) in [5, 5.41) is 61.6. The number of carbonyl (C=O) groups is 8. The molecule has 4 heterocycles. The van der Waals surface area contributed by atoms with Gasteiger partial charge in [-0.3, -0.25) is 38.4 Å². The van der Waals surface area contributed by atoms with Crippen molar-refractivity contribution in [2.45, 2.75) is 113 Å². The number of H-pyrrole nitrogens is 1. The number of aliphatic hydroxyl groups is 4. The molecule has 8 amide bonds. The second-order valence-electron chi connectivity index (χ2n) is 16.8. The van der Waals surface area contributed by atoms with Crippen LogP contribution in [-0.2, 0) is 55.9 Å². The summed E-state index contributed by atoms with van der Waals surface area (Å²) in [6.07, 6.45) is -8.89. The third kappa shape index (κ3) is 12.2. The van der Waals surface area contributed by atoms with Crippen LogP contribution >= 0.6 is 0 Å². The summed E-state index contributed by atoms with van der Waals surface area (Å²) < 4.78 is 5.37. The number of aromatic amines is 1. The molecule has 0 aliphatic carbocycles. The average molecular weight is 906 g/mol. The molecular weight excluding hydrogens is 851 g/mol. The van der Waals surface area contributed by atoms with Gasteiger partial charge in [0.2, 0.25) is 47.3 Å². The van der Waals surface area contributed by atoms with E-state index in [0.29, 0.717) is 11.1 Å². The fraction of sp³-hybridized carbons (Fsp3) is 0.488. The summed E-state index contributed by atoms with van der Waals surface area (Å²) in [7, 11) is 0. The molecule has 0 unspecified atom stereocenters. The lowest BCUT2D eigenvalue weighted by atomic mass is 9.98. The standard InChI is InChI=1S/C43H55N9O13/c1-20(2)12-25-37(59)50-29(16-33(55)52-43-36(58)35(57)34(56)31(19-53)65-43)41(63)49-28-15-32(54)45-18-30(42(64)46-25)51-38(60)26(13-21-8-4-3-5-9-21)47-39(61)27(48-40(28)62)14-22-17-44-24-11-7-6-10-23(22)24/h3-11,17,20,25-31,34-36,43-44,53,56-58H,12-16,18-19H2,1-2H3,(H,45,54)(H,46,64)(H,47,61)(H,48,62)(H,49,63)(H,50,59)(H,51,60)(H,52,55)/t25-,26-,27-,28+,29-,30+,31+,34-,35-,36+,43+/m0/s1. The van der Waals surface area contributed by atoms with Crippen molar-refractivity contribution in [3.8, 4) is 0 Å². The molecule has 3 aromatic rings.